The Bertz CT molecular complexity index is 1100. The summed E-state index contributed by atoms with van der Waals surface area (Å²) < 4.78 is 12.4. The summed E-state index contributed by atoms with van der Waals surface area (Å²) in [7, 11) is 1.96. The van der Waals surface area contributed by atoms with Crippen LogP contribution in [0.3, 0.4) is 0 Å². The van der Waals surface area contributed by atoms with E-state index in [9.17, 15) is 14.4 Å². The van der Waals surface area contributed by atoms with E-state index in [1.807, 2.05) is 58.2 Å². The molecule has 2 unspecified atom stereocenters. The number of carbonyl (C=O) groups is 3. The largest absolute Gasteiger partial charge is 0.610 e. The minimum absolute atomic E-state index is 0.0412. The third-order valence-corrected chi connectivity index (χ3v) is 7.44. The molecule has 5 atom stereocenters. The van der Waals surface area contributed by atoms with Gasteiger partial charge in [0.15, 0.2) is 0 Å². The molecule has 2 saturated heterocycles. The number of hydrogen-bond acceptors (Lipinski definition) is 7. The molecule has 192 valence electrons. The van der Waals surface area contributed by atoms with Gasteiger partial charge in [-0.2, -0.15) is 0 Å². The van der Waals surface area contributed by atoms with E-state index in [0.29, 0.717) is 17.4 Å². The van der Waals surface area contributed by atoms with Gasteiger partial charge in [-0.25, -0.2) is 4.98 Å². The molecule has 4 rings (SSSR count). The van der Waals surface area contributed by atoms with Crippen molar-refractivity contribution in [1.82, 2.24) is 20.6 Å². The zero-order chi connectivity index (χ0) is 25.9. The lowest BCUT2D eigenvalue weighted by Crippen LogP contribution is -2.73. The van der Waals surface area contributed by atoms with E-state index < -0.39 is 24.6 Å². The molecule has 11 heteroatoms. The number of likely N-dealkylation sites (N-methyl/N-ethyl adjacent to an activating group) is 1. The Morgan fingerprint density at radius 2 is 1.94 bits per heavy atom. The van der Waals surface area contributed by atoms with Crippen molar-refractivity contribution in [1.29, 1.82) is 0 Å². The molecule has 36 heavy (non-hydrogen) atoms. The van der Waals surface area contributed by atoms with Gasteiger partial charge in [0.1, 0.15) is 18.3 Å². The molecular formula is C25H34BN5O5. The van der Waals surface area contributed by atoms with Crippen molar-refractivity contribution in [3.8, 4) is 0 Å². The van der Waals surface area contributed by atoms with Crippen molar-refractivity contribution in [2.24, 2.45) is 5.92 Å². The maximum absolute atomic E-state index is 13.8. The molecule has 2 amide bonds. The number of hydrogen-bond donors (Lipinski definition) is 2. The SMILES string of the molecule is CC(C)C[C@H](NC(=O)[C@H](Cc1ccccc1)NC(=O)c1cnccn1)[B-]12OC[C@H](C)[N+]1(C)CC(=O)O2. The zero-order valence-corrected chi connectivity index (χ0v) is 21.2. The molecule has 3 heterocycles. The van der Waals surface area contributed by atoms with Gasteiger partial charge in [0, 0.05) is 31.8 Å². The summed E-state index contributed by atoms with van der Waals surface area (Å²) in [6, 6.07) is 8.61. The summed E-state index contributed by atoms with van der Waals surface area (Å²) in [5, 5.41) is 5.93. The molecule has 2 aliphatic rings. The summed E-state index contributed by atoms with van der Waals surface area (Å²) >= 11 is 0. The predicted molar refractivity (Wildman–Crippen MR) is 133 cm³/mol. The fourth-order valence-electron chi connectivity index (χ4n) is 5.36. The highest BCUT2D eigenvalue weighted by molar-refractivity contribution is 6.65. The number of carbonyl (C=O) groups excluding carboxylic acids is 3. The standard InChI is InChI=1S/C25H34BN5O5/c1-17(2)12-22(26-31(4,15-23(32)36-26)18(3)16-35-26)30-24(33)20(13-19-8-6-5-7-9-19)29-25(34)21-14-27-10-11-28-21/h5-11,14,17-18,20,22H,12-13,15-16H2,1-4H3,(H,29,34)(H,30,33)/t18-,20-,22-,26?,31?/m0/s1. The molecule has 1 aromatic carbocycles. The molecule has 2 aromatic rings. The predicted octanol–water partition coefficient (Wildman–Crippen LogP) is 1.25. The fraction of sp³-hybridized carbons (Fsp3) is 0.480. The van der Waals surface area contributed by atoms with Crippen LogP contribution in [-0.4, -0.2) is 77.1 Å². The van der Waals surface area contributed by atoms with E-state index in [-0.39, 0.29) is 42.5 Å². The van der Waals surface area contributed by atoms with Crippen molar-refractivity contribution >= 4 is 24.5 Å². The molecule has 0 radical (unpaired) electrons. The quantitative estimate of drug-likeness (QED) is 0.503. The average molecular weight is 495 g/mol. The summed E-state index contributed by atoms with van der Waals surface area (Å²) in [6.07, 6.45) is 5.08. The Morgan fingerprint density at radius 3 is 2.61 bits per heavy atom. The van der Waals surface area contributed by atoms with E-state index in [4.69, 9.17) is 9.31 Å². The number of rotatable bonds is 9. The highest BCUT2D eigenvalue weighted by Gasteiger charge is 2.67. The van der Waals surface area contributed by atoms with Gasteiger partial charge in [0.25, 0.3) is 5.91 Å². The van der Waals surface area contributed by atoms with E-state index >= 15 is 0 Å². The molecule has 10 nitrogen and oxygen atoms in total. The van der Waals surface area contributed by atoms with Crippen LogP contribution in [0.1, 0.15) is 43.2 Å². The van der Waals surface area contributed by atoms with Crippen molar-refractivity contribution < 1.29 is 28.1 Å². The van der Waals surface area contributed by atoms with Gasteiger partial charge in [-0.05, 0) is 18.4 Å². The fourth-order valence-corrected chi connectivity index (χ4v) is 5.36. The Morgan fingerprint density at radius 1 is 1.19 bits per heavy atom. The van der Waals surface area contributed by atoms with Gasteiger partial charge in [-0.3, -0.25) is 19.4 Å². The van der Waals surface area contributed by atoms with E-state index in [2.05, 4.69) is 20.6 Å². The molecule has 2 N–H and O–H groups in total. The van der Waals surface area contributed by atoms with Crippen LogP contribution in [0.25, 0.3) is 0 Å². The van der Waals surface area contributed by atoms with Crippen molar-refractivity contribution in [2.75, 3.05) is 20.2 Å². The van der Waals surface area contributed by atoms with E-state index in [1.165, 1.54) is 18.6 Å². The monoisotopic (exact) mass is 495 g/mol. The van der Waals surface area contributed by atoms with Gasteiger partial charge in [0.05, 0.1) is 18.8 Å². The molecule has 0 spiro atoms. The maximum Gasteiger partial charge on any atom is 0.549 e. The van der Waals surface area contributed by atoms with Crippen LogP contribution in [-0.2, 0) is 25.3 Å². The van der Waals surface area contributed by atoms with Gasteiger partial charge in [-0.1, -0.05) is 50.6 Å². The minimum Gasteiger partial charge on any atom is -0.610 e. The van der Waals surface area contributed by atoms with Gasteiger partial charge < -0.3 is 24.3 Å². The zero-order valence-electron chi connectivity index (χ0n) is 21.2. The van der Waals surface area contributed by atoms with Crippen molar-refractivity contribution in [3.05, 3.63) is 60.2 Å². The van der Waals surface area contributed by atoms with Crippen LogP contribution in [0.5, 0.6) is 0 Å². The number of quaternary nitrogens is 1. The summed E-state index contributed by atoms with van der Waals surface area (Å²) in [5.41, 5.74) is 1.01. The first-order chi connectivity index (χ1) is 17.1. The first-order valence-corrected chi connectivity index (χ1v) is 12.4. The first-order valence-electron chi connectivity index (χ1n) is 12.4. The lowest BCUT2D eigenvalue weighted by molar-refractivity contribution is -0.822. The number of amides is 2. The Hall–Kier alpha value is -3.31. The topological polar surface area (TPSA) is 120 Å². The van der Waals surface area contributed by atoms with E-state index in [0.717, 1.165) is 5.56 Å². The average Bonchev–Trinajstić information content (AvgIpc) is 3.26. The Kier molecular flexibility index (Phi) is 7.42. The molecule has 0 saturated carbocycles. The number of aromatic nitrogens is 2. The van der Waals surface area contributed by atoms with Gasteiger partial charge >= 0.3 is 12.7 Å². The molecule has 1 aromatic heterocycles. The molecule has 0 aliphatic carbocycles. The smallest absolute Gasteiger partial charge is 0.549 e. The Labute approximate surface area is 211 Å². The highest BCUT2D eigenvalue weighted by atomic mass is 16.7. The number of nitrogens with zero attached hydrogens (tertiary/aromatic N) is 3. The van der Waals surface area contributed by atoms with Gasteiger partial charge in [0.2, 0.25) is 5.91 Å². The number of fused-ring (bicyclic) bond motifs is 1. The van der Waals surface area contributed by atoms with Crippen LogP contribution < -0.4 is 10.6 Å². The number of nitrogens with one attached hydrogen (secondary N) is 2. The third-order valence-electron chi connectivity index (χ3n) is 7.44. The van der Waals surface area contributed by atoms with Crippen LogP contribution in [0.15, 0.2) is 48.9 Å². The normalized spacial score (nSPS) is 26.7. The van der Waals surface area contributed by atoms with Crippen LogP contribution >= 0.6 is 0 Å². The summed E-state index contributed by atoms with van der Waals surface area (Å²) in [4.78, 5) is 47.1. The van der Waals surface area contributed by atoms with Crippen molar-refractivity contribution in [2.45, 2.75) is 51.6 Å². The second-order valence-electron chi connectivity index (χ2n) is 10.5. The lowest BCUT2D eigenvalue weighted by atomic mass is 9.57. The Balaban J connectivity index is 1.62. The van der Waals surface area contributed by atoms with Crippen molar-refractivity contribution in [3.63, 3.8) is 0 Å². The van der Waals surface area contributed by atoms with Crippen LogP contribution in [0.4, 0.5) is 0 Å². The maximum atomic E-state index is 13.8. The lowest BCUT2D eigenvalue weighted by Gasteiger charge is -2.48. The van der Waals surface area contributed by atoms with Crippen LogP contribution in [0, 0.1) is 5.92 Å². The minimum atomic E-state index is -2.18. The molecular weight excluding hydrogens is 461 g/mol. The van der Waals surface area contributed by atoms with E-state index in [1.54, 1.807) is 0 Å². The van der Waals surface area contributed by atoms with Crippen LogP contribution in [0.2, 0.25) is 0 Å². The second-order valence-corrected chi connectivity index (χ2v) is 10.5. The number of benzene rings is 1. The molecule has 0 bridgehead atoms. The van der Waals surface area contributed by atoms with Gasteiger partial charge in [-0.15, -0.1) is 0 Å². The second kappa shape index (κ2) is 10.4. The third kappa shape index (κ3) is 4.98. The summed E-state index contributed by atoms with van der Waals surface area (Å²) in [5.74, 6) is -1.56. The highest BCUT2D eigenvalue weighted by Crippen LogP contribution is 2.40. The molecule has 2 aliphatic heterocycles. The molecule has 2 fully saturated rings. The first kappa shape index (κ1) is 25.8. The summed E-state index contributed by atoms with van der Waals surface area (Å²) in [6.45, 7) is 4.57.